The minimum absolute atomic E-state index is 0.0892. The van der Waals surface area contributed by atoms with Gasteiger partial charge in [0.1, 0.15) is 11.6 Å². The fourth-order valence-corrected chi connectivity index (χ4v) is 3.86. The number of sulfone groups is 1. The van der Waals surface area contributed by atoms with E-state index in [2.05, 4.69) is 5.32 Å². The van der Waals surface area contributed by atoms with Gasteiger partial charge in [-0.1, -0.05) is 0 Å². The van der Waals surface area contributed by atoms with Crippen LogP contribution < -0.4 is 5.32 Å². The van der Waals surface area contributed by atoms with Crippen LogP contribution in [0.3, 0.4) is 0 Å². The van der Waals surface area contributed by atoms with E-state index < -0.39 is 45.4 Å². The van der Waals surface area contributed by atoms with Crippen molar-refractivity contribution in [1.29, 1.82) is 0 Å². The van der Waals surface area contributed by atoms with Crippen LogP contribution in [0.4, 0.5) is 14.5 Å². The van der Waals surface area contributed by atoms with Crippen molar-refractivity contribution < 1.29 is 31.5 Å². The van der Waals surface area contributed by atoms with Gasteiger partial charge in [-0.05, 0) is 25.5 Å². The minimum atomic E-state index is -3.24. The van der Waals surface area contributed by atoms with Gasteiger partial charge in [0.25, 0.3) is 5.91 Å². The molecule has 1 fully saturated rings. The Morgan fingerprint density at radius 2 is 2.04 bits per heavy atom. The highest BCUT2D eigenvalue weighted by Gasteiger charge is 2.35. The molecule has 1 aliphatic rings. The summed E-state index contributed by atoms with van der Waals surface area (Å²) in [6, 6.07) is 2.62. The van der Waals surface area contributed by atoms with Crippen LogP contribution in [0.5, 0.6) is 0 Å². The summed E-state index contributed by atoms with van der Waals surface area (Å²) >= 11 is 0. The number of benzene rings is 1. The first-order valence-electron chi connectivity index (χ1n) is 6.85. The lowest BCUT2D eigenvalue weighted by atomic mass is 10.1. The molecule has 6 nitrogen and oxygen atoms in total. The Balaban J connectivity index is 1.93. The minimum Gasteiger partial charge on any atom is -0.452 e. The lowest BCUT2D eigenvalue weighted by molar-refractivity contribution is -0.156. The van der Waals surface area contributed by atoms with Gasteiger partial charge in [0.15, 0.2) is 15.9 Å². The third kappa shape index (κ3) is 4.47. The molecule has 1 aromatic rings. The number of carbonyl (C=O) groups is 2. The quantitative estimate of drug-likeness (QED) is 0.829. The van der Waals surface area contributed by atoms with Crippen molar-refractivity contribution >= 4 is 27.4 Å². The van der Waals surface area contributed by atoms with Gasteiger partial charge in [-0.3, -0.25) is 9.59 Å². The van der Waals surface area contributed by atoms with E-state index in [4.69, 9.17) is 4.74 Å². The zero-order chi connectivity index (χ0) is 17.2. The first-order valence-corrected chi connectivity index (χ1v) is 8.67. The maximum Gasteiger partial charge on any atom is 0.310 e. The van der Waals surface area contributed by atoms with Crippen LogP contribution in [-0.2, 0) is 24.2 Å². The molecular weight excluding hydrogens is 332 g/mol. The third-order valence-electron chi connectivity index (χ3n) is 3.42. The number of esters is 1. The molecule has 1 aliphatic heterocycles. The Labute approximate surface area is 131 Å². The van der Waals surface area contributed by atoms with Crippen LogP contribution in [0.15, 0.2) is 18.2 Å². The largest absolute Gasteiger partial charge is 0.452 e. The maximum absolute atomic E-state index is 13.4. The second kappa shape index (κ2) is 6.61. The van der Waals surface area contributed by atoms with E-state index in [1.54, 1.807) is 0 Å². The molecule has 1 amide bonds. The zero-order valence-corrected chi connectivity index (χ0v) is 13.0. The van der Waals surface area contributed by atoms with Crippen LogP contribution in [0.1, 0.15) is 13.3 Å². The summed E-state index contributed by atoms with van der Waals surface area (Å²) in [6.07, 6.45) is -1.09. The van der Waals surface area contributed by atoms with Gasteiger partial charge < -0.3 is 10.1 Å². The molecule has 9 heteroatoms. The van der Waals surface area contributed by atoms with Gasteiger partial charge in [-0.15, -0.1) is 0 Å². The number of amides is 1. The van der Waals surface area contributed by atoms with Gasteiger partial charge in [-0.2, -0.15) is 0 Å². The Morgan fingerprint density at radius 3 is 2.61 bits per heavy atom. The number of rotatable bonds is 4. The predicted octanol–water partition coefficient (Wildman–Crippen LogP) is 1.27. The maximum atomic E-state index is 13.4. The molecule has 1 saturated heterocycles. The van der Waals surface area contributed by atoms with E-state index in [-0.39, 0.29) is 23.6 Å². The highest BCUT2D eigenvalue weighted by Crippen LogP contribution is 2.21. The van der Waals surface area contributed by atoms with E-state index >= 15 is 0 Å². The predicted molar refractivity (Wildman–Crippen MR) is 77.3 cm³/mol. The van der Waals surface area contributed by atoms with Crippen molar-refractivity contribution in [2.24, 2.45) is 5.92 Å². The molecule has 2 atom stereocenters. The van der Waals surface area contributed by atoms with Crippen LogP contribution in [0, 0.1) is 17.6 Å². The standard InChI is InChI=1S/C14H15F2NO5S/c1-8(22-14(19)9-4-5-23(20,21)7-9)13(18)17-12-3-2-10(15)6-11(12)16/h2-3,6,8-9H,4-5,7H2,1H3,(H,17,18)/t8-,9+/m0/s1. The van der Waals surface area contributed by atoms with Crippen molar-refractivity contribution in [2.45, 2.75) is 19.4 Å². The van der Waals surface area contributed by atoms with E-state index in [0.717, 1.165) is 12.1 Å². The average Bonchev–Trinajstić information content (AvgIpc) is 2.82. The number of anilines is 1. The van der Waals surface area contributed by atoms with E-state index in [1.165, 1.54) is 6.92 Å². The van der Waals surface area contributed by atoms with Crippen LogP contribution >= 0.6 is 0 Å². The molecule has 2 rings (SSSR count). The molecule has 0 saturated carbocycles. The van der Waals surface area contributed by atoms with Crippen molar-refractivity contribution in [3.05, 3.63) is 29.8 Å². The summed E-state index contributed by atoms with van der Waals surface area (Å²) in [5.74, 6) is -4.52. The molecule has 0 unspecified atom stereocenters. The molecule has 1 aromatic carbocycles. The lowest BCUT2D eigenvalue weighted by Crippen LogP contribution is -2.32. The first kappa shape index (κ1) is 17.3. The summed E-state index contributed by atoms with van der Waals surface area (Å²) < 4.78 is 53.8. The fourth-order valence-electron chi connectivity index (χ4n) is 2.13. The molecular formula is C14H15F2NO5S. The Bertz CT molecular complexity index is 735. The molecule has 1 heterocycles. The zero-order valence-electron chi connectivity index (χ0n) is 12.2. The SMILES string of the molecule is C[C@H](OC(=O)[C@@H]1CCS(=O)(=O)C1)C(=O)Nc1ccc(F)cc1F. The van der Waals surface area contributed by atoms with Crippen LogP contribution in [0.2, 0.25) is 0 Å². The number of carbonyl (C=O) groups excluding carboxylic acids is 2. The number of hydrogen-bond acceptors (Lipinski definition) is 5. The summed E-state index contributed by atoms with van der Waals surface area (Å²) in [5, 5.41) is 2.17. The Hall–Kier alpha value is -2.03. The second-order valence-corrected chi connectivity index (χ2v) is 7.52. The van der Waals surface area contributed by atoms with Crippen LogP contribution in [0.25, 0.3) is 0 Å². The molecule has 126 valence electrons. The molecule has 0 aliphatic carbocycles. The van der Waals surface area contributed by atoms with Gasteiger partial charge in [-0.25, -0.2) is 17.2 Å². The second-order valence-electron chi connectivity index (χ2n) is 5.29. The third-order valence-corrected chi connectivity index (χ3v) is 5.18. The number of hydrogen-bond donors (Lipinski definition) is 1. The highest BCUT2D eigenvalue weighted by atomic mass is 32.2. The topological polar surface area (TPSA) is 89.5 Å². The Kier molecular flexibility index (Phi) is 4.98. The monoisotopic (exact) mass is 347 g/mol. The summed E-state index contributed by atoms with van der Waals surface area (Å²) in [4.78, 5) is 23.7. The molecule has 1 N–H and O–H groups in total. The van der Waals surface area contributed by atoms with Gasteiger partial charge in [0.2, 0.25) is 0 Å². The van der Waals surface area contributed by atoms with E-state index in [1.807, 2.05) is 0 Å². The molecule has 0 spiro atoms. The normalized spacial score (nSPS) is 20.7. The summed E-state index contributed by atoms with van der Waals surface area (Å²) in [6.45, 7) is 1.28. The van der Waals surface area contributed by atoms with E-state index in [9.17, 15) is 26.8 Å². The fraction of sp³-hybridized carbons (Fsp3) is 0.429. The van der Waals surface area contributed by atoms with Crippen LogP contribution in [-0.4, -0.2) is 37.9 Å². The van der Waals surface area contributed by atoms with Gasteiger partial charge in [0.05, 0.1) is 23.1 Å². The first-order chi connectivity index (χ1) is 10.7. The van der Waals surface area contributed by atoms with Crippen molar-refractivity contribution in [3.63, 3.8) is 0 Å². The number of ether oxygens (including phenoxy) is 1. The summed E-state index contributed by atoms with van der Waals surface area (Å²) in [7, 11) is -3.24. The smallest absolute Gasteiger partial charge is 0.310 e. The molecule has 23 heavy (non-hydrogen) atoms. The number of halogens is 2. The molecule has 0 bridgehead atoms. The van der Waals surface area contributed by atoms with Crippen molar-refractivity contribution in [2.75, 3.05) is 16.8 Å². The number of nitrogens with one attached hydrogen (secondary N) is 1. The summed E-state index contributed by atoms with van der Waals surface area (Å²) in [5.41, 5.74) is -0.247. The van der Waals surface area contributed by atoms with Crippen molar-refractivity contribution in [3.8, 4) is 0 Å². The van der Waals surface area contributed by atoms with Gasteiger partial charge >= 0.3 is 5.97 Å². The van der Waals surface area contributed by atoms with E-state index in [0.29, 0.717) is 6.07 Å². The Morgan fingerprint density at radius 1 is 1.35 bits per heavy atom. The highest BCUT2D eigenvalue weighted by molar-refractivity contribution is 7.91. The molecule has 0 radical (unpaired) electrons. The van der Waals surface area contributed by atoms with Crippen molar-refractivity contribution in [1.82, 2.24) is 0 Å². The lowest BCUT2D eigenvalue weighted by Gasteiger charge is -2.16. The van der Waals surface area contributed by atoms with Gasteiger partial charge in [0, 0.05) is 6.07 Å². The average molecular weight is 347 g/mol. The molecule has 0 aromatic heterocycles.